The molecule has 1 unspecified atom stereocenters. The molecule has 2 aromatic rings. The van der Waals surface area contributed by atoms with Gasteiger partial charge in [-0.1, -0.05) is 18.1 Å². The van der Waals surface area contributed by atoms with Crippen LogP contribution in [0.2, 0.25) is 0 Å². The molecule has 0 amide bonds. The van der Waals surface area contributed by atoms with E-state index in [0.717, 1.165) is 0 Å². The molecule has 5 nitrogen and oxygen atoms in total. The Morgan fingerprint density at radius 3 is 2.20 bits per heavy atom. The molecule has 30 heavy (non-hydrogen) atoms. The van der Waals surface area contributed by atoms with Crippen molar-refractivity contribution in [2.75, 3.05) is 0 Å². The Labute approximate surface area is 177 Å². The number of carbonyl (C=O) groups excluding carboxylic acids is 2. The third-order valence-corrected chi connectivity index (χ3v) is 4.77. The van der Waals surface area contributed by atoms with Crippen LogP contribution in [0.1, 0.15) is 83.7 Å². The standard InChI is InChI=1S/C25H26O5/c1-7-9-18(26)20-15(6)12-17-22(25(20)30-14(4)5)24(28)21-16(23(17)27)10-8-11-19(21)29-13(2)3/h8,10-14,18,26H,1-6H3. The third kappa shape index (κ3) is 3.71. The van der Waals surface area contributed by atoms with Crippen LogP contribution in [-0.4, -0.2) is 28.9 Å². The topological polar surface area (TPSA) is 72.8 Å². The number of aliphatic hydroxyl groups is 1. The summed E-state index contributed by atoms with van der Waals surface area (Å²) in [6, 6.07) is 6.66. The van der Waals surface area contributed by atoms with Crippen molar-refractivity contribution in [2.45, 2.75) is 59.9 Å². The van der Waals surface area contributed by atoms with E-state index in [1.165, 1.54) is 0 Å². The van der Waals surface area contributed by atoms with Gasteiger partial charge in [0.15, 0.2) is 5.78 Å². The number of hydrogen-bond acceptors (Lipinski definition) is 5. The minimum atomic E-state index is -1.14. The summed E-state index contributed by atoms with van der Waals surface area (Å²) in [5, 5.41) is 10.6. The highest BCUT2D eigenvalue weighted by atomic mass is 16.5. The molecular weight excluding hydrogens is 380 g/mol. The van der Waals surface area contributed by atoms with Gasteiger partial charge in [-0.25, -0.2) is 0 Å². The van der Waals surface area contributed by atoms with Crippen molar-refractivity contribution in [3.63, 3.8) is 0 Å². The van der Waals surface area contributed by atoms with Crippen molar-refractivity contribution in [3.05, 3.63) is 57.6 Å². The van der Waals surface area contributed by atoms with Crippen LogP contribution in [0.4, 0.5) is 0 Å². The Morgan fingerprint density at radius 2 is 1.60 bits per heavy atom. The van der Waals surface area contributed by atoms with Gasteiger partial charge in [0.05, 0.1) is 23.3 Å². The molecule has 0 fully saturated rings. The van der Waals surface area contributed by atoms with E-state index < -0.39 is 6.10 Å². The molecule has 1 atom stereocenters. The van der Waals surface area contributed by atoms with Crippen LogP contribution < -0.4 is 9.47 Å². The Kier molecular flexibility index (Phi) is 6.00. The monoisotopic (exact) mass is 406 g/mol. The van der Waals surface area contributed by atoms with E-state index in [9.17, 15) is 14.7 Å². The van der Waals surface area contributed by atoms with Gasteiger partial charge in [0.25, 0.3) is 0 Å². The second kappa shape index (κ2) is 8.33. The lowest BCUT2D eigenvalue weighted by molar-refractivity contribution is 0.0967. The molecule has 1 aliphatic rings. The second-order valence-electron chi connectivity index (χ2n) is 7.83. The number of aliphatic hydroxyl groups excluding tert-OH is 1. The summed E-state index contributed by atoms with van der Waals surface area (Å²) in [6.07, 6.45) is -1.58. The summed E-state index contributed by atoms with van der Waals surface area (Å²) < 4.78 is 11.8. The lowest BCUT2D eigenvalue weighted by atomic mass is 9.80. The molecule has 0 aliphatic heterocycles. The Morgan fingerprint density at radius 1 is 0.933 bits per heavy atom. The highest BCUT2D eigenvalue weighted by Crippen LogP contribution is 2.42. The highest BCUT2D eigenvalue weighted by molar-refractivity contribution is 6.30. The van der Waals surface area contributed by atoms with Gasteiger partial charge in [-0.05, 0) is 59.2 Å². The fraction of sp³-hybridized carbons (Fsp3) is 0.360. The van der Waals surface area contributed by atoms with E-state index in [-0.39, 0.29) is 46.2 Å². The fourth-order valence-electron chi connectivity index (χ4n) is 3.69. The number of fused-ring (bicyclic) bond motifs is 2. The number of carbonyl (C=O) groups is 2. The van der Waals surface area contributed by atoms with Crippen LogP contribution in [0.25, 0.3) is 0 Å². The van der Waals surface area contributed by atoms with Crippen LogP contribution in [0, 0.1) is 18.8 Å². The van der Waals surface area contributed by atoms with E-state index in [1.807, 2.05) is 27.7 Å². The van der Waals surface area contributed by atoms with Crippen LogP contribution in [0.5, 0.6) is 11.5 Å². The number of benzene rings is 2. The Hall–Kier alpha value is -3.10. The molecule has 3 rings (SSSR count). The predicted octanol–water partition coefficient (Wildman–Crippen LogP) is 4.40. The molecule has 1 N–H and O–H groups in total. The third-order valence-electron chi connectivity index (χ3n) is 4.77. The number of aryl methyl sites for hydroxylation is 1. The first-order valence-corrected chi connectivity index (χ1v) is 10.0. The molecule has 0 saturated carbocycles. The SMILES string of the molecule is CC#CC(O)c1c(C)cc2c(c1OC(C)C)C(=O)c1c(OC(C)C)cccc1C2=O. The van der Waals surface area contributed by atoms with Gasteiger partial charge < -0.3 is 14.6 Å². The maximum absolute atomic E-state index is 13.7. The summed E-state index contributed by atoms with van der Waals surface area (Å²) in [5.74, 6) is 5.34. The van der Waals surface area contributed by atoms with Gasteiger partial charge >= 0.3 is 0 Å². The number of hydrogen-bond donors (Lipinski definition) is 1. The van der Waals surface area contributed by atoms with E-state index in [1.54, 1.807) is 38.1 Å². The Balaban J connectivity index is 2.35. The number of ether oxygens (including phenoxy) is 2. The van der Waals surface area contributed by atoms with Crippen LogP contribution >= 0.6 is 0 Å². The normalized spacial score (nSPS) is 13.5. The molecule has 0 bridgehead atoms. The van der Waals surface area contributed by atoms with Gasteiger partial charge in [0.1, 0.15) is 17.6 Å². The van der Waals surface area contributed by atoms with Gasteiger partial charge in [0, 0.05) is 16.7 Å². The van der Waals surface area contributed by atoms with Gasteiger partial charge in [0.2, 0.25) is 5.78 Å². The molecule has 0 spiro atoms. The van der Waals surface area contributed by atoms with Gasteiger partial charge in [-0.3, -0.25) is 9.59 Å². The Bertz CT molecular complexity index is 1080. The summed E-state index contributed by atoms with van der Waals surface area (Å²) in [5.41, 5.74) is 1.99. The van der Waals surface area contributed by atoms with Crippen molar-refractivity contribution in [3.8, 4) is 23.3 Å². The van der Waals surface area contributed by atoms with Crippen LogP contribution in [0.15, 0.2) is 24.3 Å². The van der Waals surface area contributed by atoms with Crippen molar-refractivity contribution in [1.82, 2.24) is 0 Å². The fourth-order valence-corrected chi connectivity index (χ4v) is 3.69. The quantitative estimate of drug-likeness (QED) is 0.636. The first kappa shape index (κ1) is 21.6. The first-order chi connectivity index (χ1) is 14.2. The minimum Gasteiger partial charge on any atom is -0.490 e. The number of rotatable bonds is 5. The second-order valence-corrected chi connectivity index (χ2v) is 7.83. The summed E-state index contributed by atoms with van der Waals surface area (Å²) >= 11 is 0. The van der Waals surface area contributed by atoms with Crippen molar-refractivity contribution < 1.29 is 24.2 Å². The zero-order valence-corrected chi connectivity index (χ0v) is 18.1. The van der Waals surface area contributed by atoms with Crippen LogP contribution in [-0.2, 0) is 0 Å². The molecular formula is C25H26O5. The summed E-state index contributed by atoms with van der Waals surface area (Å²) in [4.78, 5) is 27.0. The maximum atomic E-state index is 13.7. The maximum Gasteiger partial charge on any atom is 0.201 e. The van der Waals surface area contributed by atoms with E-state index in [4.69, 9.17) is 9.47 Å². The minimum absolute atomic E-state index is 0.151. The highest BCUT2D eigenvalue weighted by Gasteiger charge is 2.37. The lowest BCUT2D eigenvalue weighted by Gasteiger charge is -2.27. The zero-order valence-electron chi connectivity index (χ0n) is 18.1. The van der Waals surface area contributed by atoms with Crippen molar-refractivity contribution in [1.29, 1.82) is 0 Å². The molecule has 0 aromatic heterocycles. The molecule has 2 aromatic carbocycles. The zero-order chi connectivity index (χ0) is 22.2. The smallest absolute Gasteiger partial charge is 0.201 e. The summed E-state index contributed by atoms with van der Waals surface area (Å²) in [7, 11) is 0. The van der Waals surface area contributed by atoms with E-state index >= 15 is 0 Å². The molecule has 156 valence electrons. The predicted molar refractivity (Wildman–Crippen MR) is 114 cm³/mol. The molecule has 0 radical (unpaired) electrons. The van der Waals surface area contributed by atoms with Gasteiger partial charge in [-0.15, -0.1) is 5.92 Å². The molecule has 5 heteroatoms. The lowest BCUT2D eigenvalue weighted by Crippen LogP contribution is -2.26. The van der Waals surface area contributed by atoms with E-state index in [0.29, 0.717) is 22.4 Å². The average molecular weight is 406 g/mol. The molecule has 1 aliphatic carbocycles. The van der Waals surface area contributed by atoms with Crippen molar-refractivity contribution in [2.24, 2.45) is 0 Å². The van der Waals surface area contributed by atoms with Gasteiger partial charge in [-0.2, -0.15) is 0 Å². The largest absolute Gasteiger partial charge is 0.490 e. The number of ketones is 2. The first-order valence-electron chi connectivity index (χ1n) is 10.0. The molecule has 0 saturated heterocycles. The average Bonchev–Trinajstić information content (AvgIpc) is 2.64. The van der Waals surface area contributed by atoms with E-state index in [2.05, 4.69) is 11.8 Å². The molecule has 0 heterocycles. The van der Waals surface area contributed by atoms with Crippen LogP contribution in [0.3, 0.4) is 0 Å². The summed E-state index contributed by atoms with van der Waals surface area (Å²) in [6.45, 7) is 10.8. The van der Waals surface area contributed by atoms with Crippen molar-refractivity contribution >= 4 is 11.6 Å².